The Labute approximate surface area is 179 Å². The fourth-order valence-electron chi connectivity index (χ4n) is 2.92. The maximum atomic E-state index is 12.7. The summed E-state index contributed by atoms with van der Waals surface area (Å²) < 4.78 is 25.4. The molecule has 1 aliphatic rings. The number of benzene rings is 2. The van der Waals surface area contributed by atoms with Gasteiger partial charge in [-0.25, -0.2) is 8.42 Å². The van der Waals surface area contributed by atoms with Gasteiger partial charge >= 0.3 is 0 Å². The Morgan fingerprint density at radius 2 is 2.07 bits per heavy atom. The van der Waals surface area contributed by atoms with Gasteiger partial charge in [0.25, 0.3) is 0 Å². The Morgan fingerprint density at radius 3 is 2.83 bits per heavy atom. The second kappa shape index (κ2) is 8.77. The molecule has 2 N–H and O–H groups in total. The smallest absolute Gasteiger partial charge is 0.225 e. The molecule has 0 aromatic heterocycles. The number of fused-ring (bicyclic) bond motifs is 1. The number of carbonyl (C=O) groups is 2. The molecule has 1 heterocycles. The Hall–Kier alpha value is -2.03. The van der Waals surface area contributed by atoms with Crippen LogP contribution in [0.2, 0.25) is 5.02 Å². The molecule has 3 rings (SSSR count). The highest BCUT2D eigenvalue weighted by atomic mass is 35.5. The molecule has 1 atom stereocenters. The number of thioether (sulfide) groups is 1. The monoisotopic (exact) mass is 452 g/mol. The molecule has 9 heteroatoms. The summed E-state index contributed by atoms with van der Waals surface area (Å²) in [5.74, 6) is -0.893. The van der Waals surface area contributed by atoms with Crippen LogP contribution in [-0.2, 0) is 19.4 Å². The van der Waals surface area contributed by atoms with Crippen LogP contribution in [0.15, 0.2) is 46.2 Å². The number of hydrogen-bond donors (Lipinski definition) is 2. The highest BCUT2D eigenvalue weighted by Crippen LogP contribution is 2.36. The third-order valence-electron chi connectivity index (χ3n) is 4.52. The van der Waals surface area contributed by atoms with Crippen molar-refractivity contribution in [2.75, 3.05) is 16.4 Å². The maximum absolute atomic E-state index is 12.7. The summed E-state index contributed by atoms with van der Waals surface area (Å²) in [6.07, 6.45) is 0.175. The first-order valence-electron chi connectivity index (χ1n) is 9.04. The van der Waals surface area contributed by atoms with Crippen molar-refractivity contribution in [3.63, 3.8) is 0 Å². The zero-order chi connectivity index (χ0) is 21.2. The van der Waals surface area contributed by atoms with E-state index in [1.165, 1.54) is 23.9 Å². The lowest BCUT2D eigenvalue weighted by Gasteiger charge is -2.11. The van der Waals surface area contributed by atoms with Crippen molar-refractivity contribution in [1.29, 1.82) is 0 Å². The third-order valence-corrected chi connectivity index (χ3v) is 7.83. The van der Waals surface area contributed by atoms with Crippen molar-refractivity contribution in [3.8, 4) is 0 Å². The van der Waals surface area contributed by atoms with E-state index in [1.807, 2.05) is 6.92 Å². The van der Waals surface area contributed by atoms with Gasteiger partial charge in [-0.15, -0.1) is 11.8 Å². The van der Waals surface area contributed by atoms with E-state index >= 15 is 0 Å². The van der Waals surface area contributed by atoms with Crippen LogP contribution in [0, 0.1) is 6.92 Å². The molecular formula is C20H21ClN2O4S2. The van der Waals surface area contributed by atoms with Crippen LogP contribution in [0.3, 0.4) is 0 Å². The van der Waals surface area contributed by atoms with Crippen LogP contribution in [0.1, 0.15) is 25.3 Å². The van der Waals surface area contributed by atoms with Gasteiger partial charge in [0, 0.05) is 33.7 Å². The Bertz CT molecular complexity index is 1070. The Morgan fingerprint density at radius 1 is 1.31 bits per heavy atom. The first kappa shape index (κ1) is 21.7. The molecule has 0 fully saturated rings. The van der Waals surface area contributed by atoms with Crippen molar-refractivity contribution < 1.29 is 18.0 Å². The molecule has 1 aliphatic heterocycles. The first-order valence-corrected chi connectivity index (χ1v) is 11.9. The Kier molecular flexibility index (Phi) is 6.55. The molecule has 2 aromatic rings. The van der Waals surface area contributed by atoms with Crippen molar-refractivity contribution in [1.82, 2.24) is 0 Å². The summed E-state index contributed by atoms with van der Waals surface area (Å²) in [5.41, 5.74) is 1.77. The van der Waals surface area contributed by atoms with Crippen LogP contribution < -0.4 is 10.6 Å². The van der Waals surface area contributed by atoms with Gasteiger partial charge in [-0.2, -0.15) is 0 Å². The van der Waals surface area contributed by atoms with Gasteiger partial charge in [-0.05, 0) is 42.8 Å². The van der Waals surface area contributed by atoms with Gasteiger partial charge < -0.3 is 10.6 Å². The molecule has 2 amide bonds. The molecule has 0 unspecified atom stereocenters. The van der Waals surface area contributed by atoms with Gasteiger partial charge in [-0.1, -0.05) is 24.6 Å². The molecule has 29 heavy (non-hydrogen) atoms. The highest BCUT2D eigenvalue weighted by molar-refractivity contribution is 8.00. The molecule has 2 aromatic carbocycles. The van der Waals surface area contributed by atoms with Crippen molar-refractivity contribution in [2.45, 2.75) is 41.7 Å². The number of sulfone groups is 1. The van der Waals surface area contributed by atoms with Crippen LogP contribution >= 0.6 is 23.4 Å². The average Bonchev–Trinajstić information content (AvgIpc) is 2.79. The summed E-state index contributed by atoms with van der Waals surface area (Å²) in [7, 11) is -3.69. The van der Waals surface area contributed by atoms with E-state index in [1.54, 1.807) is 31.2 Å². The fourth-order valence-corrected chi connectivity index (χ4v) is 5.41. The molecule has 0 aliphatic carbocycles. The SMILES string of the molecule is Cc1c(Cl)cccc1NC(=O)CCS(=O)(=O)c1ccc2c(c1)NC(=O)C[C@@H](C)S2. The van der Waals surface area contributed by atoms with Gasteiger partial charge in [-0.3, -0.25) is 9.59 Å². The molecule has 0 saturated carbocycles. The molecule has 0 bridgehead atoms. The lowest BCUT2D eigenvalue weighted by atomic mass is 10.2. The second-order valence-electron chi connectivity index (χ2n) is 6.87. The second-order valence-corrected chi connectivity index (χ2v) is 10.9. The number of nitrogens with one attached hydrogen (secondary N) is 2. The third kappa shape index (κ3) is 5.32. The van der Waals surface area contributed by atoms with E-state index in [-0.39, 0.29) is 28.2 Å². The van der Waals surface area contributed by atoms with E-state index < -0.39 is 15.7 Å². The van der Waals surface area contributed by atoms with Crippen molar-refractivity contribution >= 4 is 56.4 Å². The number of amides is 2. The molecule has 6 nitrogen and oxygen atoms in total. The summed E-state index contributed by atoms with van der Waals surface area (Å²) in [4.78, 5) is 25.1. The maximum Gasteiger partial charge on any atom is 0.225 e. The summed E-state index contributed by atoms with van der Waals surface area (Å²) >= 11 is 7.56. The molecular weight excluding hydrogens is 432 g/mol. The van der Waals surface area contributed by atoms with Gasteiger partial charge in [0.1, 0.15) is 0 Å². The predicted octanol–water partition coefficient (Wildman–Crippen LogP) is 4.27. The number of halogens is 1. The van der Waals surface area contributed by atoms with Gasteiger partial charge in [0.2, 0.25) is 11.8 Å². The van der Waals surface area contributed by atoms with Crippen LogP contribution in [0.5, 0.6) is 0 Å². The molecule has 0 radical (unpaired) electrons. The lowest BCUT2D eigenvalue weighted by Crippen LogP contribution is -2.18. The normalized spacial score (nSPS) is 16.5. The zero-order valence-electron chi connectivity index (χ0n) is 16.0. The molecule has 0 spiro atoms. The van der Waals surface area contributed by atoms with Crippen LogP contribution in [0.25, 0.3) is 0 Å². The Balaban J connectivity index is 1.70. The molecule has 154 valence electrons. The first-order chi connectivity index (χ1) is 13.7. The standard InChI is InChI=1S/C20H21ClN2O4S2/c1-12-10-20(25)23-17-11-14(6-7-18(17)28-12)29(26,27)9-8-19(24)22-16-5-3-4-15(21)13(16)2/h3-7,11-12H,8-10H2,1-2H3,(H,22,24)(H,23,25)/t12-/m1/s1. The molecule has 0 saturated heterocycles. The van der Waals surface area contributed by atoms with E-state index in [0.29, 0.717) is 22.8 Å². The lowest BCUT2D eigenvalue weighted by molar-refractivity contribution is -0.116. The van der Waals surface area contributed by atoms with E-state index in [2.05, 4.69) is 10.6 Å². The largest absolute Gasteiger partial charge is 0.326 e. The van der Waals surface area contributed by atoms with Crippen molar-refractivity contribution in [2.24, 2.45) is 0 Å². The number of hydrogen-bond acceptors (Lipinski definition) is 5. The summed E-state index contributed by atoms with van der Waals surface area (Å²) in [6.45, 7) is 3.72. The summed E-state index contributed by atoms with van der Waals surface area (Å²) in [5, 5.41) is 6.09. The predicted molar refractivity (Wildman–Crippen MR) is 116 cm³/mol. The van der Waals surface area contributed by atoms with Gasteiger partial charge in [0.15, 0.2) is 9.84 Å². The summed E-state index contributed by atoms with van der Waals surface area (Å²) in [6, 6.07) is 9.82. The number of anilines is 2. The van der Waals surface area contributed by atoms with E-state index in [4.69, 9.17) is 11.6 Å². The van der Waals surface area contributed by atoms with Crippen LogP contribution in [-0.4, -0.2) is 31.2 Å². The number of rotatable bonds is 5. The zero-order valence-corrected chi connectivity index (χ0v) is 18.4. The minimum atomic E-state index is -3.69. The average molecular weight is 453 g/mol. The minimum Gasteiger partial charge on any atom is -0.326 e. The van der Waals surface area contributed by atoms with E-state index in [0.717, 1.165) is 10.5 Å². The van der Waals surface area contributed by atoms with Gasteiger partial charge in [0.05, 0.1) is 16.3 Å². The topological polar surface area (TPSA) is 92.3 Å². The fraction of sp³-hybridized carbons (Fsp3) is 0.300. The van der Waals surface area contributed by atoms with Crippen LogP contribution in [0.4, 0.5) is 11.4 Å². The quantitative estimate of drug-likeness (QED) is 0.706. The minimum absolute atomic E-state index is 0.0819. The van der Waals surface area contributed by atoms with Crippen molar-refractivity contribution in [3.05, 3.63) is 47.0 Å². The van der Waals surface area contributed by atoms with E-state index in [9.17, 15) is 18.0 Å². The highest BCUT2D eigenvalue weighted by Gasteiger charge is 2.23. The number of carbonyl (C=O) groups excluding carboxylic acids is 2.